The zero-order valence-electron chi connectivity index (χ0n) is 14.9. The molecule has 0 aromatic heterocycles. The zero-order chi connectivity index (χ0) is 16.1. The molecule has 2 saturated carbocycles. The highest BCUT2D eigenvalue weighted by atomic mass is 16.5. The van der Waals surface area contributed by atoms with Crippen molar-refractivity contribution in [2.24, 2.45) is 17.8 Å². The van der Waals surface area contributed by atoms with Crippen LogP contribution in [0.25, 0.3) is 0 Å². The van der Waals surface area contributed by atoms with Crippen molar-refractivity contribution in [2.75, 3.05) is 0 Å². The van der Waals surface area contributed by atoms with Crippen LogP contribution >= 0.6 is 0 Å². The van der Waals surface area contributed by atoms with E-state index in [4.69, 9.17) is 4.74 Å². The van der Waals surface area contributed by atoms with Gasteiger partial charge in [-0.3, -0.25) is 4.79 Å². The first-order valence-electron chi connectivity index (χ1n) is 9.41. The lowest BCUT2D eigenvalue weighted by Gasteiger charge is -2.33. The van der Waals surface area contributed by atoms with Gasteiger partial charge in [0.15, 0.2) is 0 Å². The Balaban J connectivity index is 1.68. The van der Waals surface area contributed by atoms with E-state index < -0.39 is 0 Å². The molecule has 3 nitrogen and oxygen atoms in total. The van der Waals surface area contributed by atoms with E-state index in [-0.39, 0.29) is 5.92 Å². The summed E-state index contributed by atoms with van der Waals surface area (Å²) in [6.45, 7) is 8.82. The topological polar surface area (TPSA) is 38.3 Å². The molecule has 0 spiro atoms. The Labute approximate surface area is 136 Å². The Morgan fingerprint density at radius 2 is 1.50 bits per heavy atom. The minimum Gasteiger partial charge on any atom is -0.376 e. The Morgan fingerprint density at radius 1 is 0.909 bits per heavy atom. The van der Waals surface area contributed by atoms with E-state index in [1.165, 1.54) is 25.7 Å². The summed E-state index contributed by atoms with van der Waals surface area (Å²) in [6.07, 6.45) is 9.61. The molecule has 0 aliphatic heterocycles. The van der Waals surface area contributed by atoms with Crippen LogP contribution in [0.1, 0.15) is 79.1 Å². The fraction of sp³-hybridized carbons (Fsp3) is 0.947. The number of ether oxygens (including phenoxy) is 1. The molecule has 2 aliphatic rings. The summed E-state index contributed by atoms with van der Waals surface area (Å²) < 4.78 is 5.87. The van der Waals surface area contributed by atoms with Gasteiger partial charge >= 0.3 is 0 Å². The monoisotopic (exact) mass is 309 g/mol. The lowest BCUT2D eigenvalue weighted by atomic mass is 9.79. The van der Waals surface area contributed by atoms with Gasteiger partial charge in [0.2, 0.25) is 5.91 Å². The van der Waals surface area contributed by atoms with Gasteiger partial charge in [-0.25, -0.2) is 0 Å². The van der Waals surface area contributed by atoms with Crippen molar-refractivity contribution in [1.29, 1.82) is 0 Å². The SMILES string of the molecule is CC(C)OC1CCC(C(=O)NC2CCC(C(C)C)CC2)CC1. The maximum absolute atomic E-state index is 12.5. The van der Waals surface area contributed by atoms with Crippen LogP contribution in [-0.2, 0) is 9.53 Å². The van der Waals surface area contributed by atoms with Gasteiger partial charge in [0.25, 0.3) is 0 Å². The third-order valence-corrected chi connectivity index (χ3v) is 5.57. The van der Waals surface area contributed by atoms with E-state index in [9.17, 15) is 4.79 Å². The highest BCUT2D eigenvalue weighted by Gasteiger charge is 2.30. The van der Waals surface area contributed by atoms with Crippen molar-refractivity contribution in [3.8, 4) is 0 Å². The largest absolute Gasteiger partial charge is 0.376 e. The second kappa shape index (κ2) is 8.33. The number of amides is 1. The quantitative estimate of drug-likeness (QED) is 0.822. The van der Waals surface area contributed by atoms with Crippen LogP contribution in [0.5, 0.6) is 0 Å². The summed E-state index contributed by atoms with van der Waals surface area (Å²) in [5.41, 5.74) is 0. The molecular formula is C19H35NO2. The van der Waals surface area contributed by atoms with Gasteiger partial charge in [-0.1, -0.05) is 13.8 Å². The molecule has 0 aromatic rings. The van der Waals surface area contributed by atoms with Gasteiger partial charge in [0.1, 0.15) is 0 Å². The lowest BCUT2D eigenvalue weighted by molar-refractivity contribution is -0.128. The predicted octanol–water partition coefficient (Wildman–Crippen LogP) is 4.30. The molecule has 0 heterocycles. The van der Waals surface area contributed by atoms with Crippen LogP contribution in [-0.4, -0.2) is 24.2 Å². The Morgan fingerprint density at radius 3 is 2.00 bits per heavy atom. The van der Waals surface area contributed by atoms with E-state index in [1.54, 1.807) is 0 Å². The van der Waals surface area contributed by atoms with Crippen molar-refractivity contribution in [3.05, 3.63) is 0 Å². The molecule has 3 heteroatoms. The highest BCUT2D eigenvalue weighted by Crippen LogP contribution is 2.31. The first-order valence-corrected chi connectivity index (χ1v) is 9.41. The molecule has 0 radical (unpaired) electrons. The molecule has 0 unspecified atom stereocenters. The highest BCUT2D eigenvalue weighted by molar-refractivity contribution is 5.79. The average molecular weight is 309 g/mol. The van der Waals surface area contributed by atoms with Crippen LogP contribution in [0.15, 0.2) is 0 Å². The number of rotatable bonds is 5. The molecular weight excluding hydrogens is 274 g/mol. The number of carbonyl (C=O) groups excluding carboxylic acids is 1. The molecule has 2 rings (SSSR count). The molecule has 1 N–H and O–H groups in total. The molecule has 0 saturated heterocycles. The first-order chi connectivity index (χ1) is 10.5. The third-order valence-electron chi connectivity index (χ3n) is 5.57. The van der Waals surface area contributed by atoms with E-state index in [0.29, 0.717) is 24.2 Å². The second-order valence-electron chi connectivity index (χ2n) is 8.02. The van der Waals surface area contributed by atoms with Crippen LogP contribution in [0.2, 0.25) is 0 Å². The van der Waals surface area contributed by atoms with Gasteiger partial charge in [0.05, 0.1) is 12.2 Å². The molecule has 1 amide bonds. The minimum absolute atomic E-state index is 0.217. The number of hydrogen-bond donors (Lipinski definition) is 1. The zero-order valence-corrected chi connectivity index (χ0v) is 14.9. The van der Waals surface area contributed by atoms with Crippen molar-refractivity contribution in [1.82, 2.24) is 5.32 Å². The Hall–Kier alpha value is -0.570. The molecule has 0 atom stereocenters. The van der Waals surface area contributed by atoms with E-state index in [2.05, 4.69) is 33.0 Å². The van der Waals surface area contributed by atoms with Gasteiger partial charge in [-0.15, -0.1) is 0 Å². The number of nitrogens with one attached hydrogen (secondary N) is 1. The van der Waals surface area contributed by atoms with Gasteiger partial charge in [0, 0.05) is 12.0 Å². The van der Waals surface area contributed by atoms with Crippen molar-refractivity contribution in [2.45, 2.75) is 97.3 Å². The predicted molar refractivity (Wildman–Crippen MR) is 90.7 cm³/mol. The number of hydrogen-bond acceptors (Lipinski definition) is 2. The van der Waals surface area contributed by atoms with Crippen molar-refractivity contribution in [3.63, 3.8) is 0 Å². The molecule has 0 bridgehead atoms. The summed E-state index contributed by atoms with van der Waals surface area (Å²) in [5, 5.41) is 3.32. The van der Waals surface area contributed by atoms with Crippen LogP contribution in [0, 0.1) is 17.8 Å². The lowest BCUT2D eigenvalue weighted by Crippen LogP contribution is -2.42. The van der Waals surface area contributed by atoms with Crippen molar-refractivity contribution < 1.29 is 9.53 Å². The number of carbonyl (C=O) groups is 1. The summed E-state index contributed by atoms with van der Waals surface area (Å²) in [5.74, 6) is 2.16. The maximum atomic E-state index is 12.5. The fourth-order valence-electron chi connectivity index (χ4n) is 4.10. The van der Waals surface area contributed by atoms with Gasteiger partial charge < -0.3 is 10.1 Å². The smallest absolute Gasteiger partial charge is 0.223 e. The Kier molecular flexibility index (Phi) is 6.73. The van der Waals surface area contributed by atoms with Crippen LogP contribution in [0.4, 0.5) is 0 Å². The maximum Gasteiger partial charge on any atom is 0.223 e. The summed E-state index contributed by atoms with van der Waals surface area (Å²) in [7, 11) is 0. The second-order valence-corrected chi connectivity index (χ2v) is 8.02. The van der Waals surface area contributed by atoms with Gasteiger partial charge in [-0.2, -0.15) is 0 Å². The molecule has 128 valence electrons. The summed E-state index contributed by atoms with van der Waals surface area (Å²) in [6, 6.07) is 0.423. The van der Waals surface area contributed by atoms with E-state index >= 15 is 0 Å². The van der Waals surface area contributed by atoms with Gasteiger partial charge in [-0.05, 0) is 77.0 Å². The Bertz CT molecular complexity index is 337. The summed E-state index contributed by atoms with van der Waals surface area (Å²) >= 11 is 0. The molecule has 2 aliphatic carbocycles. The summed E-state index contributed by atoms with van der Waals surface area (Å²) in [4.78, 5) is 12.5. The molecule has 0 aromatic carbocycles. The molecule has 22 heavy (non-hydrogen) atoms. The van der Waals surface area contributed by atoms with Crippen LogP contribution < -0.4 is 5.32 Å². The fourth-order valence-corrected chi connectivity index (χ4v) is 4.10. The normalized spacial score (nSPS) is 33.2. The minimum atomic E-state index is 0.217. The third kappa shape index (κ3) is 5.26. The van der Waals surface area contributed by atoms with Crippen molar-refractivity contribution >= 4 is 5.91 Å². The first kappa shape index (κ1) is 17.8. The molecule has 2 fully saturated rings. The average Bonchev–Trinajstić information content (AvgIpc) is 2.48. The van der Waals surface area contributed by atoms with Crippen LogP contribution in [0.3, 0.4) is 0 Å². The standard InChI is InChI=1S/C19H35NO2/c1-13(2)15-5-9-17(10-6-15)20-19(21)16-7-11-18(12-8-16)22-14(3)4/h13-18H,5-12H2,1-4H3,(H,20,21). The van der Waals surface area contributed by atoms with E-state index in [0.717, 1.165) is 37.5 Å². The van der Waals surface area contributed by atoms with E-state index in [1.807, 2.05) is 0 Å².